The SMILES string of the molecule is O=C(NCc1cccc(OCc2cccc(N3CCOCC3)c2)c1)[C@@H]1CCCN1S(=O)(=O)c1ccc(F)cc1. The Morgan fingerprint density at radius 1 is 0.974 bits per heavy atom. The number of rotatable bonds is 9. The van der Waals surface area contributed by atoms with E-state index in [9.17, 15) is 17.6 Å². The van der Waals surface area contributed by atoms with Gasteiger partial charge in [0.05, 0.1) is 18.1 Å². The van der Waals surface area contributed by atoms with E-state index in [-0.39, 0.29) is 23.9 Å². The maximum Gasteiger partial charge on any atom is 0.243 e. The highest BCUT2D eigenvalue weighted by molar-refractivity contribution is 7.89. The van der Waals surface area contributed by atoms with Crippen LogP contribution in [0.4, 0.5) is 10.1 Å². The zero-order chi connectivity index (χ0) is 27.2. The standard InChI is InChI=1S/C29H32FN3O5S/c30-24-9-11-27(12-10-24)39(35,36)33-13-3-8-28(33)29(34)31-20-22-4-2-7-26(19-22)38-21-23-5-1-6-25(18-23)32-14-16-37-17-15-32/h1-2,4-7,9-12,18-19,28H,3,8,13-17,20-21H2,(H,31,34)/t28-/m0/s1. The molecule has 2 heterocycles. The molecule has 39 heavy (non-hydrogen) atoms. The molecule has 0 saturated carbocycles. The van der Waals surface area contributed by atoms with Gasteiger partial charge in [0.25, 0.3) is 0 Å². The van der Waals surface area contributed by atoms with Crippen molar-refractivity contribution in [1.82, 2.24) is 9.62 Å². The van der Waals surface area contributed by atoms with Crippen LogP contribution in [0.2, 0.25) is 0 Å². The van der Waals surface area contributed by atoms with E-state index in [2.05, 4.69) is 22.3 Å². The van der Waals surface area contributed by atoms with Crippen molar-refractivity contribution in [3.05, 3.63) is 89.7 Å². The average molecular weight is 554 g/mol. The number of anilines is 1. The molecule has 2 aliphatic heterocycles. The maximum atomic E-state index is 13.3. The number of hydrogen-bond acceptors (Lipinski definition) is 6. The van der Waals surface area contributed by atoms with E-state index in [4.69, 9.17) is 9.47 Å². The lowest BCUT2D eigenvalue weighted by Gasteiger charge is -2.29. The second kappa shape index (κ2) is 12.1. The summed E-state index contributed by atoms with van der Waals surface area (Å²) in [4.78, 5) is 15.3. The molecule has 5 rings (SSSR count). The molecule has 10 heteroatoms. The molecule has 2 fully saturated rings. The minimum absolute atomic E-state index is 0.0241. The van der Waals surface area contributed by atoms with Crippen molar-refractivity contribution >= 4 is 21.6 Å². The Labute approximate surface area is 228 Å². The van der Waals surface area contributed by atoms with E-state index < -0.39 is 21.9 Å². The number of nitrogens with zero attached hydrogens (tertiary/aromatic N) is 2. The van der Waals surface area contributed by atoms with Crippen LogP contribution in [0.25, 0.3) is 0 Å². The number of nitrogens with one attached hydrogen (secondary N) is 1. The van der Waals surface area contributed by atoms with Crippen LogP contribution in [-0.4, -0.2) is 57.5 Å². The summed E-state index contributed by atoms with van der Waals surface area (Å²) in [6.45, 7) is 4.09. The van der Waals surface area contributed by atoms with E-state index in [1.165, 1.54) is 16.4 Å². The third kappa shape index (κ3) is 6.58. The van der Waals surface area contributed by atoms with Gasteiger partial charge in [-0.25, -0.2) is 12.8 Å². The van der Waals surface area contributed by atoms with Gasteiger partial charge in [0.15, 0.2) is 0 Å². The number of benzene rings is 3. The smallest absolute Gasteiger partial charge is 0.243 e. The van der Waals surface area contributed by atoms with E-state index >= 15 is 0 Å². The molecule has 0 radical (unpaired) electrons. The Hall–Kier alpha value is -3.47. The zero-order valence-corrected chi connectivity index (χ0v) is 22.4. The van der Waals surface area contributed by atoms with E-state index in [0.29, 0.717) is 25.2 Å². The molecule has 1 N–H and O–H groups in total. The van der Waals surface area contributed by atoms with Crippen molar-refractivity contribution < 1.29 is 27.1 Å². The van der Waals surface area contributed by atoms with E-state index in [1.807, 2.05) is 36.4 Å². The van der Waals surface area contributed by atoms with Gasteiger partial charge in [-0.3, -0.25) is 4.79 Å². The molecule has 0 aliphatic carbocycles. The molecule has 1 amide bonds. The van der Waals surface area contributed by atoms with Gasteiger partial charge >= 0.3 is 0 Å². The Morgan fingerprint density at radius 3 is 2.51 bits per heavy atom. The fourth-order valence-corrected chi connectivity index (χ4v) is 6.57. The summed E-state index contributed by atoms with van der Waals surface area (Å²) < 4.78 is 52.1. The predicted molar refractivity (Wildman–Crippen MR) is 145 cm³/mol. The average Bonchev–Trinajstić information content (AvgIpc) is 3.47. The molecule has 206 valence electrons. The van der Waals surface area contributed by atoms with Gasteiger partial charge in [-0.1, -0.05) is 24.3 Å². The predicted octanol–water partition coefficient (Wildman–Crippen LogP) is 3.71. The zero-order valence-electron chi connectivity index (χ0n) is 21.6. The quantitative estimate of drug-likeness (QED) is 0.435. The second-order valence-electron chi connectivity index (χ2n) is 9.65. The molecule has 3 aromatic rings. The Balaban J connectivity index is 1.17. The van der Waals surface area contributed by atoms with E-state index in [0.717, 1.165) is 55.3 Å². The summed E-state index contributed by atoms with van der Waals surface area (Å²) in [7, 11) is -3.91. The Bertz CT molecular complexity index is 1390. The van der Waals surface area contributed by atoms with Crippen LogP contribution in [0.15, 0.2) is 77.7 Å². The van der Waals surface area contributed by atoms with Crippen LogP contribution in [0.3, 0.4) is 0 Å². The van der Waals surface area contributed by atoms with Crippen LogP contribution in [0.1, 0.15) is 24.0 Å². The molecule has 8 nitrogen and oxygen atoms in total. The van der Waals surface area contributed by atoms with Crippen molar-refractivity contribution in [3.8, 4) is 5.75 Å². The van der Waals surface area contributed by atoms with Gasteiger partial charge in [0.1, 0.15) is 24.2 Å². The van der Waals surface area contributed by atoms with Gasteiger partial charge in [0.2, 0.25) is 15.9 Å². The third-order valence-corrected chi connectivity index (χ3v) is 8.91. The highest BCUT2D eigenvalue weighted by Gasteiger charge is 2.39. The van der Waals surface area contributed by atoms with Gasteiger partial charge in [-0.05, 0) is 72.5 Å². The molecule has 0 unspecified atom stereocenters. The van der Waals surface area contributed by atoms with Crippen molar-refractivity contribution in [1.29, 1.82) is 0 Å². The summed E-state index contributed by atoms with van der Waals surface area (Å²) in [5.74, 6) is -0.193. The summed E-state index contributed by atoms with van der Waals surface area (Å²) in [6, 6.07) is 19.6. The number of sulfonamides is 1. The fourth-order valence-electron chi connectivity index (χ4n) is 4.92. The van der Waals surface area contributed by atoms with Crippen LogP contribution < -0.4 is 15.0 Å². The first kappa shape index (κ1) is 27.1. The number of hydrogen-bond donors (Lipinski definition) is 1. The van der Waals surface area contributed by atoms with Crippen molar-refractivity contribution in [2.75, 3.05) is 37.7 Å². The van der Waals surface area contributed by atoms with Crippen LogP contribution >= 0.6 is 0 Å². The van der Waals surface area contributed by atoms with E-state index in [1.54, 1.807) is 0 Å². The summed E-state index contributed by atoms with van der Waals surface area (Å²) in [5.41, 5.74) is 3.05. The van der Waals surface area contributed by atoms with Gasteiger partial charge in [-0.15, -0.1) is 0 Å². The lowest BCUT2D eigenvalue weighted by atomic mass is 10.1. The number of ether oxygens (including phenoxy) is 2. The molecule has 1 atom stereocenters. The van der Waals surface area contributed by atoms with Crippen LogP contribution in [0, 0.1) is 5.82 Å². The molecular weight excluding hydrogens is 521 g/mol. The highest BCUT2D eigenvalue weighted by Crippen LogP contribution is 2.27. The summed E-state index contributed by atoms with van der Waals surface area (Å²) in [5, 5.41) is 2.87. The summed E-state index contributed by atoms with van der Waals surface area (Å²) in [6.07, 6.45) is 1.01. The van der Waals surface area contributed by atoms with Gasteiger partial charge < -0.3 is 19.7 Å². The highest BCUT2D eigenvalue weighted by atomic mass is 32.2. The van der Waals surface area contributed by atoms with Crippen molar-refractivity contribution in [2.24, 2.45) is 0 Å². The normalized spacial score (nSPS) is 18.2. The van der Waals surface area contributed by atoms with Crippen molar-refractivity contribution in [2.45, 2.75) is 36.9 Å². The topological polar surface area (TPSA) is 88.2 Å². The lowest BCUT2D eigenvalue weighted by molar-refractivity contribution is -0.124. The minimum Gasteiger partial charge on any atom is -0.489 e. The van der Waals surface area contributed by atoms with Gasteiger partial charge in [0, 0.05) is 31.9 Å². The van der Waals surface area contributed by atoms with Gasteiger partial charge in [-0.2, -0.15) is 4.31 Å². The summed E-state index contributed by atoms with van der Waals surface area (Å²) >= 11 is 0. The number of morpholine rings is 1. The first-order valence-electron chi connectivity index (χ1n) is 13.1. The molecule has 3 aromatic carbocycles. The lowest BCUT2D eigenvalue weighted by Crippen LogP contribution is -2.45. The molecule has 0 bridgehead atoms. The molecular formula is C29H32FN3O5S. The third-order valence-electron chi connectivity index (χ3n) is 6.98. The second-order valence-corrected chi connectivity index (χ2v) is 11.5. The Kier molecular flexibility index (Phi) is 8.44. The maximum absolute atomic E-state index is 13.3. The first-order valence-corrected chi connectivity index (χ1v) is 14.5. The fraction of sp³-hybridized carbons (Fsp3) is 0.345. The van der Waals surface area contributed by atoms with Crippen molar-refractivity contribution in [3.63, 3.8) is 0 Å². The number of carbonyl (C=O) groups excluding carboxylic acids is 1. The number of halogens is 1. The Morgan fingerprint density at radius 2 is 1.72 bits per heavy atom. The molecule has 2 saturated heterocycles. The molecule has 0 spiro atoms. The number of carbonyl (C=O) groups is 1. The first-order chi connectivity index (χ1) is 18.9. The monoisotopic (exact) mass is 553 g/mol. The minimum atomic E-state index is -3.91. The largest absolute Gasteiger partial charge is 0.489 e. The van der Waals surface area contributed by atoms with Crippen LogP contribution in [0.5, 0.6) is 5.75 Å². The molecule has 2 aliphatic rings. The van der Waals surface area contributed by atoms with Crippen LogP contribution in [-0.2, 0) is 32.7 Å². The number of amides is 1. The molecule has 0 aromatic heterocycles.